The smallest absolute Gasteiger partial charge is 0.309 e. The Bertz CT molecular complexity index is 574. The molecule has 0 aliphatic carbocycles. The Balaban J connectivity index is 2.02. The Morgan fingerprint density at radius 3 is 2.54 bits per heavy atom. The fraction of sp³-hybridized carbons (Fsp3) is 0.722. The summed E-state index contributed by atoms with van der Waals surface area (Å²) in [6, 6.07) is 0. The Labute approximate surface area is 160 Å². The molecule has 0 spiro atoms. The van der Waals surface area contributed by atoms with Crippen LogP contribution in [0.4, 0.5) is 5.82 Å². The van der Waals surface area contributed by atoms with Gasteiger partial charge < -0.3 is 19.1 Å². The van der Waals surface area contributed by atoms with Gasteiger partial charge in [0.15, 0.2) is 11.0 Å². The number of ether oxygens (including phenoxy) is 3. The van der Waals surface area contributed by atoms with Crippen LogP contribution >= 0.6 is 11.6 Å². The number of aromatic nitrogens is 2. The van der Waals surface area contributed by atoms with Crippen molar-refractivity contribution in [3.05, 3.63) is 17.0 Å². The van der Waals surface area contributed by atoms with Crippen LogP contribution < -0.4 is 4.90 Å². The summed E-state index contributed by atoms with van der Waals surface area (Å²) in [7, 11) is 3.35. The highest BCUT2D eigenvalue weighted by molar-refractivity contribution is 6.31. The molecule has 0 unspecified atom stereocenters. The lowest BCUT2D eigenvalue weighted by molar-refractivity contribution is -0.148. The third-order valence-electron chi connectivity index (χ3n) is 4.48. The molecule has 1 aromatic heterocycles. The molecule has 0 amide bonds. The maximum Gasteiger partial charge on any atom is 0.309 e. The highest BCUT2D eigenvalue weighted by Crippen LogP contribution is 2.27. The number of hydrogen-bond donors (Lipinski definition) is 0. The van der Waals surface area contributed by atoms with Crippen molar-refractivity contribution in [2.45, 2.75) is 26.2 Å². The molecular weight excluding hydrogens is 358 g/mol. The van der Waals surface area contributed by atoms with Crippen molar-refractivity contribution < 1.29 is 19.0 Å². The largest absolute Gasteiger partial charge is 0.466 e. The van der Waals surface area contributed by atoms with Crippen LogP contribution in [0.25, 0.3) is 0 Å². The number of methoxy groups -OCH3 is 2. The molecule has 0 saturated carbocycles. The molecule has 0 bridgehead atoms. The van der Waals surface area contributed by atoms with Crippen molar-refractivity contribution in [1.82, 2.24) is 9.97 Å². The first-order valence-corrected chi connectivity index (χ1v) is 9.37. The van der Waals surface area contributed by atoms with Gasteiger partial charge in [0.2, 0.25) is 0 Å². The van der Waals surface area contributed by atoms with E-state index in [9.17, 15) is 4.79 Å². The molecule has 1 fully saturated rings. The van der Waals surface area contributed by atoms with Crippen molar-refractivity contribution in [3.8, 4) is 0 Å². The molecule has 7 nitrogen and oxygen atoms in total. The van der Waals surface area contributed by atoms with E-state index in [0.717, 1.165) is 18.5 Å². The van der Waals surface area contributed by atoms with Gasteiger partial charge in [-0.2, -0.15) is 0 Å². The van der Waals surface area contributed by atoms with Gasteiger partial charge in [-0.1, -0.05) is 11.6 Å². The Kier molecular flexibility index (Phi) is 8.54. The molecule has 0 N–H and O–H groups in total. The zero-order valence-electron chi connectivity index (χ0n) is 15.7. The summed E-state index contributed by atoms with van der Waals surface area (Å²) in [6.07, 6.45) is 3.88. The SMILES string of the molecule is CCOC(=O)C1CCN(c2nc(CC(COC)COC)cnc2Cl)CC1. The van der Waals surface area contributed by atoms with Crippen LogP contribution in [0.2, 0.25) is 5.15 Å². The highest BCUT2D eigenvalue weighted by Gasteiger charge is 2.28. The highest BCUT2D eigenvalue weighted by atomic mass is 35.5. The van der Waals surface area contributed by atoms with E-state index >= 15 is 0 Å². The first kappa shape index (κ1) is 20.9. The second-order valence-electron chi connectivity index (χ2n) is 6.47. The fourth-order valence-corrected chi connectivity index (χ4v) is 3.43. The lowest BCUT2D eigenvalue weighted by Gasteiger charge is -2.32. The van der Waals surface area contributed by atoms with Crippen LogP contribution in [0.5, 0.6) is 0 Å². The van der Waals surface area contributed by atoms with Crippen molar-refractivity contribution in [2.24, 2.45) is 11.8 Å². The van der Waals surface area contributed by atoms with Crippen LogP contribution in [0, 0.1) is 11.8 Å². The second kappa shape index (κ2) is 10.6. The van der Waals surface area contributed by atoms with E-state index in [1.54, 1.807) is 20.4 Å². The lowest BCUT2D eigenvalue weighted by atomic mass is 9.97. The van der Waals surface area contributed by atoms with Crippen LogP contribution in [0.15, 0.2) is 6.20 Å². The van der Waals surface area contributed by atoms with Crippen LogP contribution in [0.1, 0.15) is 25.5 Å². The summed E-state index contributed by atoms with van der Waals surface area (Å²) < 4.78 is 15.6. The molecule has 2 heterocycles. The molecule has 26 heavy (non-hydrogen) atoms. The molecule has 1 aliphatic rings. The fourth-order valence-electron chi connectivity index (χ4n) is 3.22. The Hall–Kier alpha value is -1.44. The summed E-state index contributed by atoms with van der Waals surface area (Å²) in [4.78, 5) is 23.0. The Morgan fingerprint density at radius 1 is 1.31 bits per heavy atom. The zero-order chi connectivity index (χ0) is 18.9. The number of carbonyl (C=O) groups is 1. The molecule has 0 atom stereocenters. The van der Waals surface area contributed by atoms with Crippen molar-refractivity contribution >= 4 is 23.4 Å². The average Bonchev–Trinajstić information content (AvgIpc) is 2.64. The van der Waals surface area contributed by atoms with Gasteiger partial charge in [0.05, 0.1) is 37.6 Å². The predicted molar refractivity (Wildman–Crippen MR) is 99.6 cm³/mol. The molecule has 0 radical (unpaired) electrons. The number of hydrogen-bond acceptors (Lipinski definition) is 7. The summed E-state index contributed by atoms with van der Waals surface area (Å²) in [5.41, 5.74) is 0.857. The van der Waals surface area contributed by atoms with E-state index < -0.39 is 0 Å². The summed E-state index contributed by atoms with van der Waals surface area (Å²) in [5, 5.41) is 0.387. The predicted octanol–water partition coefficient (Wildman–Crippen LogP) is 2.36. The number of anilines is 1. The van der Waals surface area contributed by atoms with Gasteiger partial charge in [0.25, 0.3) is 0 Å². The molecular formula is C18H28ClN3O4. The van der Waals surface area contributed by atoms with E-state index in [1.165, 1.54) is 0 Å². The second-order valence-corrected chi connectivity index (χ2v) is 6.83. The number of rotatable bonds is 9. The normalized spacial score (nSPS) is 15.5. The zero-order valence-corrected chi connectivity index (χ0v) is 16.5. The quantitative estimate of drug-likeness (QED) is 0.604. The first-order valence-electron chi connectivity index (χ1n) is 8.99. The van der Waals surface area contributed by atoms with Gasteiger partial charge in [-0.05, 0) is 26.2 Å². The van der Waals surface area contributed by atoms with E-state index in [-0.39, 0.29) is 17.8 Å². The van der Waals surface area contributed by atoms with Crippen molar-refractivity contribution in [1.29, 1.82) is 0 Å². The number of halogens is 1. The van der Waals surface area contributed by atoms with Crippen molar-refractivity contribution in [3.63, 3.8) is 0 Å². The maximum atomic E-state index is 11.9. The average molecular weight is 386 g/mol. The minimum absolute atomic E-state index is 0.0473. The van der Waals surface area contributed by atoms with Gasteiger partial charge in [-0.3, -0.25) is 4.79 Å². The van der Waals surface area contributed by atoms with Gasteiger partial charge in [0, 0.05) is 33.2 Å². The molecule has 0 aromatic carbocycles. The van der Waals surface area contributed by atoms with E-state index in [1.807, 2.05) is 6.92 Å². The topological polar surface area (TPSA) is 73.8 Å². The number of carbonyl (C=O) groups excluding carboxylic acids is 1. The molecule has 1 aromatic rings. The van der Waals surface area contributed by atoms with Gasteiger partial charge in [0.1, 0.15) is 0 Å². The standard InChI is InChI=1S/C18H28ClN3O4/c1-4-26-18(23)14-5-7-22(8-6-14)17-16(19)20-10-15(21-17)9-13(11-24-2)12-25-3/h10,13-14H,4-9,11-12H2,1-3H3. The molecule has 1 saturated heterocycles. The monoisotopic (exact) mass is 385 g/mol. The summed E-state index contributed by atoms with van der Waals surface area (Å²) in [6.45, 7) is 4.86. The van der Waals surface area contributed by atoms with Crippen LogP contribution in [-0.2, 0) is 25.4 Å². The summed E-state index contributed by atoms with van der Waals surface area (Å²) in [5.74, 6) is 0.733. The number of esters is 1. The minimum atomic E-state index is -0.111. The molecule has 146 valence electrons. The minimum Gasteiger partial charge on any atom is -0.466 e. The van der Waals surface area contributed by atoms with Gasteiger partial charge in [-0.15, -0.1) is 0 Å². The number of nitrogens with zero attached hydrogens (tertiary/aromatic N) is 3. The maximum absolute atomic E-state index is 11.9. The van der Waals surface area contributed by atoms with Crippen LogP contribution in [0.3, 0.4) is 0 Å². The third kappa shape index (κ3) is 5.79. The first-order chi connectivity index (χ1) is 12.6. The Morgan fingerprint density at radius 2 is 1.96 bits per heavy atom. The van der Waals surface area contributed by atoms with Crippen LogP contribution in [-0.4, -0.2) is 63.1 Å². The van der Waals surface area contributed by atoms with E-state index in [0.29, 0.717) is 50.3 Å². The van der Waals surface area contributed by atoms with Gasteiger partial charge in [-0.25, -0.2) is 9.97 Å². The van der Waals surface area contributed by atoms with E-state index in [4.69, 9.17) is 30.8 Å². The molecule has 1 aliphatic heterocycles. The van der Waals surface area contributed by atoms with E-state index in [2.05, 4.69) is 9.88 Å². The van der Waals surface area contributed by atoms with Gasteiger partial charge >= 0.3 is 5.97 Å². The number of piperidine rings is 1. The lowest BCUT2D eigenvalue weighted by Crippen LogP contribution is -2.37. The molecule has 8 heteroatoms. The van der Waals surface area contributed by atoms with Crippen molar-refractivity contribution in [2.75, 3.05) is 52.0 Å². The summed E-state index contributed by atoms with van der Waals surface area (Å²) >= 11 is 6.28. The molecule has 2 rings (SSSR count). The third-order valence-corrected chi connectivity index (χ3v) is 4.74.